The zero-order valence-corrected chi connectivity index (χ0v) is 11.9. The number of hydrogen-bond acceptors (Lipinski definition) is 4. The van der Waals surface area contributed by atoms with E-state index in [1.165, 1.54) is 0 Å². The summed E-state index contributed by atoms with van der Waals surface area (Å²) in [6.45, 7) is 1.93. The second-order valence-corrected chi connectivity index (χ2v) is 4.63. The van der Waals surface area contributed by atoms with Crippen LogP contribution in [0.1, 0.15) is 22.8 Å². The number of nitrogens with two attached hydrogens (primary N) is 1. The minimum Gasteiger partial charge on any atom is -0.493 e. The Morgan fingerprint density at radius 2 is 1.55 bits per heavy atom. The van der Waals surface area contributed by atoms with E-state index in [-0.39, 0.29) is 0 Å². The lowest BCUT2D eigenvalue weighted by molar-refractivity contribution is 0.219. The quantitative estimate of drug-likeness (QED) is 0.841. The number of anilines is 1. The van der Waals surface area contributed by atoms with Gasteiger partial charge < -0.3 is 20.3 Å². The molecule has 0 amide bonds. The summed E-state index contributed by atoms with van der Waals surface area (Å²) >= 11 is 0. The molecule has 0 saturated carbocycles. The summed E-state index contributed by atoms with van der Waals surface area (Å²) in [5.74, 6) is 1.22. The second kappa shape index (κ2) is 5.84. The van der Waals surface area contributed by atoms with Crippen LogP contribution in [0.2, 0.25) is 0 Å². The van der Waals surface area contributed by atoms with E-state index < -0.39 is 6.10 Å². The summed E-state index contributed by atoms with van der Waals surface area (Å²) in [5.41, 5.74) is 9.02. The monoisotopic (exact) mass is 273 g/mol. The van der Waals surface area contributed by atoms with Crippen molar-refractivity contribution in [2.75, 3.05) is 20.0 Å². The summed E-state index contributed by atoms with van der Waals surface area (Å²) in [5, 5.41) is 10.4. The zero-order valence-electron chi connectivity index (χ0n) is 11.9. The van der Waals surface area contributed by atoms with E-state index in [1.54, 1.807) is 32.4 Å². The number of ether oxygens (including phenoxy) is 2. The van der Waals surface area contributed by atoms with Gasteiger partial charge in [-0.25, -0.2) is 0 Å². The van der Waals surface area contributed by atoms with Gasteiger partial charge in [-0.2, -0.15) is 0 Å². The zero-order chi connectivity index (χ0) is 14.7. The van der Waals surface area contributed by atoms with Crippen LogP contribution in [-0.2, 0) is 0 Å². The molecule has 0 spiro atoms. The van der Waals surface area contributed by atoms with Crippen LogP contribution in [0.4, 0.5) is 5.69 Å². The van der Waals surface area contributed by atoms with Crippen molar-refractivity contribution >= 4 is 5.69 Å². The van der Waals surface area contributed by atoms with E-state index in [1.807, 2.05) is 25.1 Å². The molecular weight excluding hydrogens is 254 g/mol. The van der Waals surface area contributed by atoms with Gasteiger partial charge in [0.25, 0.3) is 0 Å². The Morgan fingerprint density at radius 3 is 2.15 bits per heavy atom. The maximum absolute atomic E-state index is 10.4. The van der Waals surface area contributed by atoms with E-state index in [4.69, 9.17) is 15.2 Å². The van der Waals surface area contributed by atoms with Crippen molar-refractivity contribution in [3.8, 4) is 11.5 Å². The number of aliphatic hydroxyl groups excluding tert-OH is 1. The normalized spacial score (nSPS) is 12.0. The molecule has 0 radical (unpaired) electrons. The molecule has 3 N–H and O–H groups in total. The molecular formula is C16H19NO3. The van der Waals surface area contributed by atoms with Crippen molar-refractivity contribution in [2.24, 2.45) is 0 Å². The predicted octanol–water partition coefficient (Wildman–Crippen LogP) is 2.68. The van der Waals surface area contributed by atoms with Crippen LogP contribution in [0.25, 0.3) is 0 Å². The molecule has 0 aliphatic carbocycles. The van der Waals surface area contributed by atoms with Gasteiger partial charge in [-0.05, 0) is 41.8 Å². The summed E-state index contributed by atoms with van der Waals surface area (Å²) < 4.78 is 10.4. The average molecular weight is 273 g/mol. The highest BCUT2D eigenvalue weighted by Gasteiger charge is 2.14. The van der Waals surface area contributed by atoms with Crippen LogP contribution < -0.4 is 15.2 Å². The third-order valence-corrected chi connectivity index (χ3v) is 3.34. The molecule has 0 aliphatic rings. The molecule has 0 aliphatic heterocycles. The highest BCUT2D eigenvalue weighted by molar-refractivity contribution is 5.51. The third kappa shape index (κ3) is 2.70. The van der Waals surface area contributed by atoms with Crippen LogP contribution in [0.3, 0.4) is 0 Å². The SMILES string of the molecule is COc1ccc([C@H](O)c2ccc(C)c(N)c2)cc1OC. The molecule has 106 valence electrons. The Labute approximate surface area is 118 Å². The number of aliphatic hydroxyl groups is 1. The fourth-order valence-corrected chi connectivity index (χ4v) is 2.04. The number of rotatable bonds is 4. The summed E-state index contributed by atoms with van der Waals surface area (Å²) in [6.07, 6.45) is -0.752. The van der Waals surface area contributed by atoms with Crippen molar-refractivity contribution in [3.63, 3.8) is 0 Å². The Bertz CT molecular complexity index is 611. The molecule has 2 aromatic rings. The van der Waals surface area contributed by atoms with Crippen LogP contribution in [0.5, 0.6) is 11.5 Å². The van der Waals surface area contributed by atoms with Crippen molar-refractivity contribution < 1.29 is 14.6 Å². The van der Waals surface area contributed by atoms with Gasteiger partial charge in [-0.3, -0.25) is 0 Å². The minimum absolute atomic E-state index is 0.587. The van der Waals surface area contributed by atoms with E-state index >= 15 is 0 Å². The maximum atomic E-state index is 10.4. The molecule has 2 rings (SSSR count). The van der Waals surface area contributed by atoms with Gasteiger partial charge in [0.1, 0.15) is 6.10 Å². The van der Waals surface area contributed by atoms with Crippen LogP contribution in [0.15, 0.2) is 36.4 Å². The van der Waals surface area contributed by atoms with Crippen molar-refractivity contribution in [1.29, 1.82) is 0 Å². The van der Waals surface area contributed by atoms with E-state index in [2.05, 4.69) is 0 Å². The van der Waals surface area contributed by atoms with Gasteiger partial charge in [0, 0.05) is 5.69 Å². The lowest BCUT2D eigenvalue weighted by atomic mass is 9.99. The van der Waals surface area contributed by atoms with Crippen molar-refractivity contribution in [2.45, 2.75) is 13.0 Å². The largest absolute Gasteiger partial charge is 0.493 e. The molecule has 0 bridgehead atoms. The van der Waals surface area contributed by atoms with Gasteiger partial charge in [0.05, 0.1) is 14.2 Å². The Morgan fingerprint density at radius 1 is 0.950 bits per heavy atom. The first-order chi connectivity index (χ1) is 9.56. The number of benzene rings is 2. The molecule has 1 atom stereocenters. The third-order valence-electron chi connectivity index (χ3n) is 3.34. The van der Waals surface area contributed by atoms with Crippen molar-refractivity contribution in [3.05, 3.63) is 53.1 Å². The van der Waals surface area contributed by atoms with Gasteiger partial charge in [0.2, 0.25) is 0 Å². The molecule has 4 heteroatoms. The second-order valence-electron chi connectivity index (χ2n) is 4.63. The average Bonchev–Trinajstić information content (AvgIpc) is 2.48. The molecule has 4 nitrogen and oxygen atoms in total. The number of aryl methyl sites for hydroxylation is 1. The molecule has 0 heterocycles. The first-order valence-electron chi connectivity index (χ1n) is 6.33. The fraction of sp³-hybridized carbons (Fsp3) is 0.250. The summed E-state index contributed by atoms with van der Waals surface area (Å²) in [7, 11) is 3.15. The van der Waals surface area contributed by atoms with E-state index in [0.717, 1.165) is 16.7 Å². The van der Waals surface area contributed by atoms with Crippen LogP contribution >= 0.6 is 0 Å². The van der Waals surface area contributed by atoms with Crippen molar-refractivity contribution in [1.82, 2.24) is 0 Å². The highest BCUT2D eigenvalue weighted by atomic mass is 16.5. The molecule has 0 fully saturated rings. The Hall–Kier alpha value is -2.20. The first kappa shape index (κ1) is 14.2. The Balaban J connectivity index is 2.37. The summed E-state index contributed by atoms with van der Waals surface area (Å²) in [6, 6.07) is 10.9. The lowest BCUT2D eigenvalue weighted by Gasteiger charge is -2.15. The Kier molecular flexibility index (Phi) is 4.15. The fourth-order valence-electron chi connectivity index (χ4n) is 2.04. The van der Waals surface area contributed by atoms with Crippen LogP contribution in [-0.4, -0.2) is 19.3 Å². The first-order valence-corrected chi connectivity index (χ1v) is 6.33. The van der Waals surface area contributed by atoms with Crippen LogP contribution in [0, 0.1) is 6.92 Å². The minimum atomic E-state index is -0.752. The smallest absolute Gasteiger partial charge is 0.161 e. The summed E-state index contributed by atoms with van der Waals surface area (Å²) in [4.78, 5) is 0. The predicted molar refractivity (Wildman–Crippen MR) is 79.2 cm³/mol. The molecule has 0 aromatic heterocycles. The maximum Gasteiger partial charge on any atom is 0.161 e. The van der Waals surface area contributed by atoms with Gasteiger partial charge >= 0.3 is 0 Å². The van der Waals surface area contributed by atoms with Gasteiger partial charge in [0.15, 0.2) is 11.5 Å². The topological polar surface area (TPSA) is 64.7 Å². The number of methoxy groups -OCH3 is 2. The van der Waals surface area contributed by atoms with Gasteiger partial charge in [-0.15, -0.1) is 0 Å². The van der Waals surface area contributed by atoms with E-state index in [0.29, 0.717) is 17.2 Å². The molecule has 2 aromatic carbocycles. The van der Waals surface area contributed by atoms with Gasteiger partial charge in [-0.1, -0.05) is 18.2 Å². The molecule has 20 heavy (non-hydrogen) atoms. The van der Waals surface area contributed by atoms with E-state index in [9.17, 15) is 5.11 Å². The standard InChI is InChI=1S/C16H19NO3/c1-10-4-5-11(8-13(10)17)16(18)12-6-7-14(19-2)15(9-12)20-3/h4-9,16,18H,17H2,1-3H3/t16-/m1/s1. The molecule has 0 unspecified atom stereocenters. The number of nitrogen functional groups attached to an aromatic ring is 1. The highest BCUT2D eigenvalue weighted by Crippen LogP contribution is 2.32. The number of hydrogen-bond donors (Lipinski definition) is 2. The molecule has 0 saturated heterocycles. The lowest BCUT2D eigenvalue weighted by Crippen LogP contribution is -2.02.